The lowest BCUT2D eigenvalue weighted by Gasteiger charge is -2.21. The van der Waals surface area contributed by atoms with Gasteiger partial charge in [-0.1, -0.05) is 26.0 Å². The van der Waals surface area contributed by atoms with Gasteiger partial charge in [-0.05, 0) is 49.4 Å². The normalized spacial score (nSPS) is 16.0. The topological polar surface area (TPSA) is 41.1 Å². The van der Waals surface area contributed by atoms with E-state index in [1.165, 1.54) is 11.1 Å². The van der Waals surface area contributed by atoms with Gasteiger partial charge in [0.1, 0.15) is 0 Å². The van der Waals surface area contributed by atoms with Gasteiger partial charge >= 0.3 is 0 Å². The van der Waals surface area contributed by atoms with Crippen molar-refractivity contribution in [3.63, 3.8) is 0 Å². The number of hydrogen-bond acceptors (Lipinski definition) is 2. The molecule has 0 bridgehead atoms. The molecule has 1 aliphatic rings. The molecule has 0 saturated carbocycles. The predicted octanol–water partition coefficient (Wildman–Crippen LogP) is 2.50. The van der Waals surface area contributed by atoms with Crippen LogP contribution in [0.15, 0.2) is 18.2 Å². The number of hydrogen-bond donors (Lipinski definition) is 2. The van der Waals surface area contributed by atoms with Gasteiger partial charge in [-0.25, -0.2) is 0 Å². The maximum atomic E-state index is 12.4. The Labute approximate surface area is 115 Å². The van der Waals surface area contributed by atoms with Crippen LogP contribution in [0.4, 0.5) is 0 Å². The molecular formula is C16H24N2O. The summed E-state index contributed by atoms with van der Waals surface area (Å²) in [4.78, 5) is 12.4. The molecular weight excluding hydrogens is 236 g/mol. The van der Waals surface area contributed by atoms with Gasteiger partial charge in [-0.2, -0.15) is 0 Å². The van der Waals surface area contributed by atoms with Crippen LogP contribution >= 0.6 is 0 Å². The van der Waals surface area contributed by atoms with Crippen LogP contribution in [0.25, 0.3) is 0 Å². The number of carbonyl (C=O) groups is 1. The fourth-order valence-electron chi connectivity index (χ4n) is 2.81. The summed E-state index contributed by atoms with van der Waals surface area (Å²) in [7, 11) is 0. The van der Waals surface area contributed by atoms with Crippen molar-refractivity contribution in [3.8, 4) is 0 Å². The molecule has 0 fully saturated rings. The van der Waals surface area contributed by atoms with Crippen LogP contribution in [0, 0.1) is 5.92 Å². The molecule has 1 heterocycles. The molecule has 2 rings (SSSR count). The first-order chi connectivity index (χ1) is 9.08. The van der Waals surface area contributed by atoms with Gasteiger partial charge in [0.2, 0.25) is 0 Å². The van der Waals surface area contributed by atoms with E-state index in [9.17, 15) is 4.79 Å². The van der Waals surface area contributed by atoms with Gasteiger partial charge in [0.05, 0.1) is 0 Å². The van der Waals surface area contributed by atoms with Crippen LogP contribution in [0.1, 0.15) is 48.7 Å². The maximum Gasteiger partial charge on any atom is 0.251 e. The molecule has 0 aliphatic carbocycles. The Morgan fingerprint density at radius 3 is 2.89 bits per heavy atom. The monoisotopic (exact) mass is 260 g/mol. The standard InChI is InChI=1S/C16H24N2O/c1-11(2)9-12(3)18-16(19)15-6-4-5-13-10-17-8-7-14(13)15/h4-6,11-12,17H,7-10H2,1-3H3,(H,18,19). The number of benzene rings is 1. The highest BCUT2D eigenvalue weighted by Crippen LogP contribution is 2.19. The Balaban J connectivity index is 2.11. The van der Waals surface area contributed by atoms with Crippen molar-refractivity contribution in [3.05, 3.63) is 34.9 Å². The maximum absolute atomic E-state index is 12.4. The van der Waals surface area contributed by atoms with Gasteiger partial charge in [0.25, 0.3) is 5.91 Å². The highest BCUT2D eigenvalue weighted by Gasteiger charge is 2.18. The minimum Gasteiger partial charge on any atom is -0.350 e. The molecule has 2 N–H and O–H groups in total. The van der Waals surface area contributed by atoms with Crippen molar-refractivity contribution >= 4 is 5.91 Å². The second-order valence-electron chi connectivity index (χ2n) is 5.87. The summed E-state index contributed by atoms with van der Waals surface area (Å²) in [6.45, 7) is 8.27. The summed E-state index contributed by atoms with van der Waals surface area (Å²) in [5.74, 6) is 0.677. The first-order valence-corrected chi connectivity index (χ1v) is 7.20. The van der Waals surface area contributed by atoms with E-state index in [1.807, 2.05) is 12.1 Å². The van der Waals surface area contributed by atoms with Gasteiger partial charge in [0.15, 0.2) is 0 Å². The summed E-state index contributed by atoms with van der Waals surface area (Å²) in [5, 5.41) is 6.46. The summed E-state index contributed by atoms with van der Waals surface area (Å²) >= 11 is 0. The van der Waals surface area contributed by atoms with Gasteiger partial charge < -0.3 is 10.6 Å². The van der Waals surface area contributed by atoms with E-state index < -0.39 is 0 Å². The van der Waals surface area contributed by atoms with Gasteiger partial charge in [-0.3, -0.25) is 4.79 Å². The van der Waals surface area contributed by atoms with E-state index in [1.54, 1.807) is 0 Å². The fraction of sp³-hybridized carbons (Fsp3) is 0.562. The lowest BCUT2D eigenvalue weighted by Crippen LogP contribution is -2.35. The molecule has 0 aromatic heterocycles. The Morgan fingerprint density at radius 2 is 2.16 bits per heavy atom. The second-order valence-corrected chi connectivity index (χ2v) is 5.87. The van der Waals surface area contributed by atoms with E-state index in [0.717, 1.165) is 31.5 Å². The largest absolute Gasteiger partial charge is 0.350 e. The van der Waals surface area contributed by atoms with Gasteiger partial charge in [0, 0.05) is 18.2 Å². The molecule has 3 heteroatoms. The SMILES string of the molecule is CC(C)CC(C)NC(=O)c1cccc2c1CCNC2. The summed E-state index contributed by atoms with van der Waals surface area (Å²) < 4.78 is 0. The van der Waals surface area contributed by atoms with E-state index in [4.69, 9.17) is 0 Å². The van der Waals surface area contributed by atoms with E-state index in [2.05, 4.69) is 37.5 Å². The third kappa shape index (κ3) is 3.57. The van der Waals surface area contributed by atoms with Crippen molar-refractivity contribution in [2.45, 2.75) is 46.2 Å². The predicted molar refractivity (Wildman–Crippen MR) is 78.2 cm³/mol. The minimum absolute atomic E-state index is 0.0758. The van der Waals surface area contributed by atoms with E-state index in [-0.39, 0.29) is 11.9 Å². The molecule has 104 valence electrons. The average molecular weight is 260 g/mol. The Hall–Kier alpha value is -1.35. The van der Waals surface area contributed by atoms with Crippen molar-refractivity contribution in [2.75, 3.05) is 6.54 Å². The zero-order valence-corrected chi connectivity index (χ0v) is 12.1. The van der Waals surface area contributed by atoms with E-state index in [0.29, 0.717) is 5.92 Å². The number of carbonyl (C=O) groups excluding carboxylic acids is 1. The van der Waals surface area contributed by atoms with Crippen molar-refractivity contribution in [2.24, 2.45) is 5.92 Å². The molecule has 0 saturated heterocycles. The summed E-state index contributed by atoms with van der Waals surface area (Å²) in [6, 6.07) is 6.26. The molecule has 19 heavy (non-hydrogen) atoms. The molecule has 1 amide bonds. The van der Waals surface area contributed by atoms with Crippen LogP contribution in [-0.2, 0) is 13.0 Å². The van der Waals surface area contributed by atoms with E-state index >= 15 is 0 Å². The molecule has 1 atom stereocenters. The van der Waals surface area contributed by atoms with Crippen molar-refractivity contribution in [1.29, 1.82) is 0 Å². The van der Waals surface area contributed by atoms with Crippen molar-refractivity contribution in [1.82, 2.24) is 10.6 Å². The number of fused-ring (bicyclic) bond motifs is 1. The molecule has 1 unspecified atom stereocenters. The Kier molecular flexibility index (Phi) is 4.59. The average Bonchev–Trinajstić information content (AvgIpc) is 2.36. The van der Waals surface area contributed by atoms with Crippen LogP contribution in [0.3, 0.4) is 0 Å². The highest BCUT2D eigenvalue weighted by atomic mass is 16.1. The molecule has 1 aliphatic heterocycles. The lowest BCUT2D eigenvalue weighted by atomic mass is 9.94. The Morgan fingerprint density at radius 1 is 1.37 bits per heavy atom. The molecule has 0 spiro atoms. The molecule has 3 nitrogen and oxygen atoms in total. The summed E-state index contributed by atoms with van der Waals surface area (Å²) in [6.07, 6.45) is 1.96. The molecule has 0 radical (unpaired) electrons. The van der Waals surface area contributed by atoms with Gasteiger partial charge in [-0.15, -0.1) is 0 Å². The molecule has 1 aromatic carbocycles. The molecule has 1 aromatic rings. The first kappa shape index (κ1) is 14.1. The highest BCUT2D eigenvalue weighted by molar-refractivity contribution is 5.96. The number of amides is 1. The smallest absolute Gasteiger partial charge is 0.251 e. The van der Waals surface area contributed by atoms with Crippen LogP contribution in [0.2, 0.25) is 0 Å². The second kappa shape index (κ2) is 6.20. The summed E-state index contributed by atoms with van der Waals surface area (Å²) in [5.41, 5.74) is 3.33. The third-order valence-corrected chi connectivity index (χ3v) is 3.59. The first-order valence-electron chi connectivity index (χ1n) is 7.20. The van der Waals surface area contributed by atoms with Crippen LogP contribution in [0.5, 0.6) is 0 Å². The zero-order valence-electron chi connectivity index (χ0n) is 12.1. The number of nitrogens with one attached hydrogen (secondary N) is 2. The lowest BCUT2D eigenvalue weighted by molar-refractivity contribution is 0.0935. The Bertz CT molecular complexity index is 454. The zero-order chi connectivity index (χ0) is 13.8. The number of rotatable bonds is 4. The minimum atomic E-state index is 0.0758. The third-order valence-electron chi connectivity index (χ3n) is 3.59. The van der Waals surface area contributed by atoms with Crippen LogP contribution < -0.4 is 10.6 Å². The quantitative estimate of drug-likeness (QED) is 0.873. The fourth-order valence-corrected chi connectivity index (χ4v) is 2.81. The van der Waals surface area contributed by atoms with Crippen molar-refractivity contribution < 1.29 is 4.79 Å². The van der Waals surface area contributed by atoms with Crippen LogP contribution in [-0.4, -0.2) is 18.5 Å².